The third kappa shape index (κ3) is 3.54. The second-order valence-corrected chi connectivity index (χ2v) is 4.20. The lowest BCUT2D eigenvalue weighted by Gasteiger charge is -2.20. The van der Waals surface area contributed by atoms with Crippen molar-refractivity contribution in [3.05, 3.63) is 17.5 Å². The van der Waals surface area contributed by atoms with Crippen molar-refractivity contribution in [2.45, 2.75) is 13.0 Å². The lowest BCUT2D eigenvalue weighted by atomic mass is 10.2. The lowest BCUT2D eigenvalue weighted by molar-refractivity contribution is 0.0764. The SMILES string of the molecule is COCC(N)CN(C)C(=O)c1cn(C)nc1C. The van der Waals surface area contributed by atoms with E-state index in [2.05, 4.69) is 5.10 Å². The van der Waals surface area contributed by atoms with Crippen LogP contribution in [0.5, 0.6) is 0 Å². The van der Waals surface area contributed by atoms with E-state index in [0.717, 1.165) is 5.69 Å². The maximum absolute atomic E-state index is 12.1. The van der Waals surface area contributed by atoms with Crippen molar-refractivity contribution in [1.29, 1.82) is 0 Å². The molecule has 1 unspecified atom stereocenters. The fourth-order valence-electron chi connectivity index (χ4n) is 1.72. The van der Waals surface area contributed by atoms with Gasteiger partial charge in [-0.1, -0.05) is 0 Å². The van der Waals surface area contributed by atoms with Crippen LogP contribution in [0.4, 0.5) is 0 Å². The number of amides is 1. The molecule has 1 rings (SSSR count). The Balaban J connectivity index is 2.66. The van der Waals surface area contributed by atoms with Crippen molar-refractivity contribution < 1.29 is 9.53 Å². The Morgan fingerprint density at radius 1 is 1.71 bits per heavy atom. The summed E-state index contributed by atoms with van der Waals surface area (Å²) in [5.74, 6) is -0.0675. The van der Waals surface area contributed by atoms with Crippen molar-refractivity contribution in [3.8, 4) is 0 Å². The van der Waals surface area contributed by atoms with Gasteiger partial charge in [0.15, 0.2) is 0 Å². The normalized spacial score (nSPS) is 12.5. The zero-order valence-corrected chi connectivity index (χ0v) is 10.8. The maximum Gasteiger partial charge on any atom is 0.257 e. The molecule has 1 aromatic rings. The number of nitrogens with two attached hydrogens (primary N) is 1. The van der Waals surface area contributed by atoms with E-state index in [4.69, 9.17) is 10.5 Å². The number of carbonyl (C=O) groups is 1. The van der Waals surface area contributed by atoms with Crippen LogP contribution in [0.3, 0.4) is 0 Å². The number of aryl methyl sites for hydroxylation is 2. The number of aromatic nitrogens is 2. The van der Waals surface area contributed by atoms with E-state index in [1.807, 2.05) is 6.92 Å². The van der Waals surface area contributed by atoms with Gasteiger partial charge < -0.3 is 15.4 Å². The Labute approximate surface area is 101 Å². The Kier molecular flexibility index (Phi) is 4.65. The van der Waals surface area contributed by atoms with Crippen LogP contribution in [0.2, 0.25) is 0 Å². The van der Waals surface area contributed by atoms with Crippen molar-refractivity contribution >= 4 is 5.91 Å². The van der Waals surface area contributed by atoms with Crippen molar-refractivity contribution in [3.63, 3.8) is 0 Å². The molecule has 17 heavy (non-hydrogen) atoms. The van der Waals surface area contributed by atoms with E-state index in [-0.39, 0.29) is 11.9 Å². The maximum atomic E-state index is 12.1. The zero-order valence-electron chi connectivity index (χ0n) is 10.8. The van der Waals surface area contributed by atoms with Crippen LogP contribution in [0, 0.1) is 6.92 Å². The second-order valence-electron chi connectivity index (χ2n) is 4.20. The van der Waals surface area contributed by atoms with E-state index >= 15 is 0 Å². The Bertz CT molecular complexity index is 389. The molecule has 0 radical (unpaired) electrons. The van der Waals surface area contributed by atoms with Gasteiger partial charge in [-0.05, 0) is 6.92 Å². The molecule has 0 aliphatic heterocycles. The highest BCUT2D eigenvalue weighted by atomic mass is 16.5. The topological polar surface area (TPSA) is 73.4 Å². The first-order chi connectivity index (χ1) is 7.95. The number of methoxy groups -OCH3 is 1. The van der Waals surface area contributed by atoms with Gasteiger partial charge in [-0.25, -0.2) is 0 Å². The van der Waals surface area contributed by atoms with Crippen molar-refractivity contribution in [1.82, 2.24) is 14.7 Å². The predicted octanol–water partition coefficient (Wildman–Crippen LogP) is -0.226. The Morgan fingerprint density at radius 2 is 2.35 bits per heavy atom. The molecule has 0 bridgehead atoms. The van der Waals surface area contributed by atoms with E-state index in [0.29, 0.717) is 18.7 Å². The van der Waals surface area contributed by atoms with Gasteiger partial charge in [0.05, 0.1) is 17.9 Å². The molecule has 1 aromatic heterocycles. The molecule has 1 amide bonds. The summed E-state index contributed by atoms with van der Waals surface area (Å²) >= 11 is 0. The first kappa shape index (κ1) is 13.7. The summed E-state index contributed by atoms with van der Waals surface area (Å²) in [4.78, 5) is 13.7. The van der Waals surface area contributed by atoms with Crippen LogP contribution in [0.1, 0.15) is 16.1 Å². The number of ether oxygens (including phenoxy) is 1. The van der Waals surface area contributed by atoms with Gasteiger partial charge in [0.25, 0.3) is 5.91 Å². The van der Waals surface area contributed by atoms with Crippen LogP contribution < -0.4 is 5.73 Å². The van der Waals surface area contributed by atoms with Gasteiger partial charge >= 0.3 is 0 Å². The summed E-state index contributed by atoms with van der Waals surface area (Å²) in [6.07, 6.45) is 1.72. The van der Waals surface area contributed by atoms with Gasteiger partial charge in [0, 0.05) is 40.0 Å². The van der Waals surface area contributed by atoms with E-state index in [1.165, 1.54) is 0 Å². The minimum atomic E-state index is -0.175. The number of carbonyl (C=O) groups excluding carboxylic acids is 1. The third-order valence-electron chi connectivity index (χ3n) is 2.48. The fourth-order valence-corrected chi connectivity index (χ4v) is 1.72. The van der Waals surface area contributed by atoms with Crippen LogP contribution in [0.25, 0.3) is 0 Å². The smallest absolute Gasteiger partial charge is 0.257 e. The van der Waals surface area contributed by atoms with Gasteiger partial charge in [-0.3, -0.25) is 9.48 Å². The van der Waals surface area contributed by atoms with Crippen molar-refractivity contribution in [2.24, 2.45) is 12.8 Å². The van der Waals surface area contributed by atoms with Crippen LogP contribution in [-0.2, 0) is 11.8 Å². The zero-order chi connectivity index (χ0) is 13.0. The molecular weight excluding hydrogens is 220 g/mol. The van der Waals surface area contributed by atoms with Gasteiger partial charge in [0.2, 0.25) is 0 Å². The first-order valence-corrected chi connectivity index (χ1v) is 5.46. The first-order valence-electron chi connectivity index (χ1n) is 5.46. The number of nitrogens with zero attached hydrogens (tertiary/aromatic N) is 3. The lowest BCUT2D eigenvalue weighted by Crippen LogP contribution is -2.41. The molecule has 1 atom stereocenters. The average molecular weight is 240 g/mol. The molecule has 0 saturated heterocycles. The molecule has 96 valence electrons. The summed E-state index contributed by atoms with van der Waals surface area (Å²) in [5, 5.41) is 4.14. The van der Waals surface area contributed by atoms with Crippen molar-refractivity contribution in [2.75, 3.05) is 27.3 Å². The third-order valence-corrected chi connectivity index (χ3v) is 2.48. The fraction of sp³-hybridized carbons (Fsp3) is 0.636. The summed E-state index contributed by atoms with van der Waals surface area (Å²) < 4.78 is 6.57. The predicted molar refractivity (Wildman–Crippen MR) is 64.8 cm³/mol. The second kappa shape index (κ2) is 5.79. The standard InChI is InChI=1S/C11H20N4O2/c1-8-10(6-15(3)13-8)11(16)14(2)5-9(12)7-17-4/h6,9H,5,7,12H2,1-4H3. The minimum absolute atomic E-state index is 0.0675. The average Bonchev–Trinajstić information content (AvgIpc) is 2.56. The Hall–Kier alpha value is -1.40. The molecule has 0 saturated carbocycles. The summed E-state index contributed by atoms with van der Waals surface area (Å²) in [6.45, 7) is 2.71. The molecular formula is C11H20N4O2. The molecule has 0 spiro atoms. The molecule has 0 fully saturated rings. The Morgan fingerprint density at radius 3 is 2.82 bits per heavy atom. The molecule has 0 aromatic carbocycles. The van der Waals surface area contributed by atoms with Crippen LogP contribution in [0.15, 0.2) is 6.20 Å². The highest BCUT2D eigenvalue weighted by Gasteiger charge is 2.18. The quantitative estimate of drug-likeness (QED) is 0.772. The summed E-state index contributed by atoms with van der Waals surface area (Å²) in [5.41, 5.74) is 7.14. The number of likely N-dealkylation sites (N-methyl/N-ethyl adjacent to an activating group) is 1. The molecule has 2 N–H and O–H groups in total. The monoisotopic (exact) mass is 240 g/mol. The van der Waals surface area contributed by atoms with E-state index in [9.17, 15) is 4.79 Å². The number of rotatable bonds is 5. The highest BCUT2D eigenvalue weighted by Crippen LogP contribution is 2.08. The van der Waals surface area contributed by atoms with E-state index < -0.39 is 0 Å². The van der Waals surface area contributed by atoms with Gasteiger partial charge in [0.1, 0.15) is 0 Å². The number of hydrogen-bond acceptors (Lipinski definition) is 4. The van der Waals surface area contributed by atoms with Crippen LogP contribution >= 0.6 is 0 Å². The highest BCUT2D eigenvalue weighted by molar-refractivity contribution is 5.94. The largest absolute Gasteiger partial charge is 0.383 e. The summed E-state index contributed by atoms with van der Waals surface area (Å²) in [6, 6.07) is -0.175. The molecule has 6 nitrogen and oxygen atoms in total. The molecule has 0 aliphatic rings. The minimum Gasteiger partial charge on any atom is -0.383 e. The molecule has 1 heterocycles. The van der Waals surface area contributed by atoms with Gasteiger partial charge in [-0.2, -0.15) is 5.10 Å². The van der Waals surface area contributed by atoms with Crippen LogP contribution in [-0.4, -0.2) is 53.9 Å². The number of hydrogen-bond donors (Lipinski definition) is 1. The molecule has 6 heteroatoms. The summed E-state index contributed by atoms with van der Waals surface area (Å²) in [7, 11) is 5.11. The van der Waals surface area contributed by atoms with E-state index in [1.54, 1.807) is 37.0 Å². The van der Waals surface area contributed by atoms with Gasteiger partial charge in [-0.15, -0.1) is 0 Å². The molecule has 0 aliphatic carbocycles.